The molecule has 0 spiro atoms. The number of nitrogens with two attached hydrogens (primary N) is 1. The van der Waals surface area contributed by atoms with Crippen LogP contribution in [0.3, 0.4) is 0 Å². The van der Waals surface area contributed by atoms with Crippen LogP contribution in [0, 0.1) is 0 Å². The van der Waals surface area contributed by atoms with Crippen LogP contribution in [-0.4, -0.2) is 27.5 Å². The number of carbonyl (C=O) groups is 1. The number of nitrogens with one attached hydrogen (secondary N) is 1. The maximum absolute atomic E-state index is 11.3. The van der Waals surface area contributed by atoms with Crippen molar-refractivity contribution in [2.45, 2.75) is 38.9 Å². The van der Waals surface area contributed by atoms with Crippen LogP contribution in [0.5, 0.6) is 0 Å². The highest BCUT2D eigenvalue weighted by Gasteiger charge is 2.24. The number of hydrogen-bond acceptors (Lipinski definition) is 3. The van der Waals surface area contributed by atoms with Crippen molar-refractivity contribution in [3.05, 3.63) is 18.7 Å². The first-order chi connectivity index (χ1) is 7.02. The Hall–Kier alpha value is -1.36. The minimum Gasteiger partial charge on any atom is -0.368 e. The van der Waals surface area contributed by atoms with Crippen LogP contribution in [0.15, 0.2) is 18.7 Å². The van der Waals surface area contributed by atoms with Gasteiger partial charge in [0.15, 0.2) is 0 Å². The molecule has 1 aromatic heterocycles. The molecule has 3 N–H and O–H groups in total. The van der Waals surface area contributed by atoms with Gasteiger partial charge in [-0.3, -0.25) is 4.79 Å². The SMILES string of the molecule is CC(C)NC(C(N)=O)C(C)n1ccnc1. The van der Waals surface area contributed by atoms with E-state index in [1.54, 1.807) is 12.5 Å². The molecular formula is C10H18N4O. The van der Waals surface area contributed by atoms with E-state index < -0.39 is 0 Å². The molecule has 5 nitrogen and oxygen atoms in total. The molecule has 0 aliphatic rings. The van der Waals surface area contributed by atoms with Gasteiger partial charge in [-0.05, 0) is 6.92 Å². The number of primary amides is 1. The number of hydrogen-bond donors (Lipinski definition) is 2. The van der Waals surface area contributed by atoms with Gasteiger partial charge in [-0.2, -0.15) is 0 Å². The Bertz CT molecular complexity index is 307. The summed E-state index contributed by atoms with van der Waals surface area (Å²) in [4.78, 5) is 15.2. The second-order valence-corrected chi connectivity index (χ2v) is 3.95. The zero-order valence-electron chi connectivity index (χ0n) is 9.34. The van der Waals surface area contributed by atoms with Gasteiger partial charge in [-0.1, -0.05) is 13.8 Å². The summed E-state index contributed by atoms with van der Waals surface area (Å²) in [6.07, 6.45) is 5.19. The molecule has 84 valence electrons. The lowest BCUT2D eigenvalue weighted by molar-refractivity contribution is -0.121. The Morgan fingerprint density at radius 2 is 2.13 bits per heavy atom. The highest BCUT2D eigenvalue weighted by atomic mass is 16.1. The molecule has 1 rings (SSSR count). The first-order valence-corrected chi connectivity index (χ1v) is 5.05. The molecule has 1 heterocycles. The van der Waals surface area contributed by atoms with E-state index in [1.807, 2.05) is 31.5 Å². The van der Waals surface area contributed by atoms with Gasteiger partial charge in [0.05, 0.1) is 12.4 Å². The summed E-state index contributed by atoms with van der Waals surface area (Å²) in [5.41, 5.74) is 5.36. The normalized spacial score (nSPS) is 15.2. The third-order valence-electron chi connectivity index (χ3n) is 2.30. The minimum absolute atomic E-state index is 0.0348. The Morgan fingerprint density at radius 1 is 1.47 bits per heavy atom. The van der Waals surface area contributed by atoms with Gasteiger partial charge in [0.25, 0.3) is 0 Å². The summed E-state index contributed by atoms with van der Waals surface area (Å²) >= 11 is 0. The second kappa shape index (κ2) is 4.93. The molecule has 0 aliphatic heterocycles. The van der Waals surface area contributed by atoms with E-state index in [0.717, 1.165) is 0 Å². The molecule has 0 saturated carbocycles. The van der Waals surface area contributed by atoms with Gasteiger partial charge in [0, 0.05) is 18.4 Å². The minimum atomic E-state index is -0.376. The molecule has 0 saturated heterocycles. The summed E-state index contributed by atoms with van der Waals surface area (Å²) in [5.74, 6) is -0.343. The summed E-state index contributed by atoms with van der Waals surface area (Å²) in [6.45, 7) is 5.90. The molecule has 2 atom stereocenters. The van der Waals surface area contributed by atoms with Crippen molar-refractivity contribution in [2.75, 3.05) is 0 Å². The molecular weight excluding hydrogens is 192 g/mol. The number of amides is 1. The lowest BCUT2D eigenvalue weighted by atomic mass is 10.1. The van der Waals surface area contributed by atoms with E-state index in [9.17, 15) is 4.79 Å². The van der Waals surface area contributed by atoms with E-state index in [2.05, 4.69) is 10.3 Å². The van der Waals surface area contributed by atoms with Crippen molar-refractivity contribution in [1.82, 2.24) is 14.9 Å². The van der Waals surface area contributed by atoms with Gasteiger partial charge in [-0.25, -0.2) is 4.98 Å². The number of aromatic nitrogens is 2. The summed E-state index contributed by atoms with van der Waals surface area (Å²) in [5, 5.41) is 3.14. The average Bonchev–Trinajstić information content (AvgIpc) is 2.65. The van der Waals surface area contributed by atoms with E-state index in [4.69, 9.17) is 5.73 Å². The molecule has 0 bridgehead atoms. The summed E-state index contributed by atoms with van der Waals surface area (Å²) < 4.78 is 1.87. The Morgan fingerprint density at radius 3 is 2.53 bits per heavy atom. The highest BCUT2D eigenvalue weighted by molar-refractivity contribution is 5.80. The second-order valence-electron chi connectivity index (χ2n) is 3.95. The van der Waals surface area contributed by atoms with Crippen molar-refractivity contribution in [1.29, 1.82) is 0 Å². The van der Waals surface area contributed by atoms with Gasteiger partial charge in [0.1, 0.15) is 6.04 Å². The van der Waals surface area contributed by atoms with Crippen LogP contribution >= 0.6 is 0 Å². The lowest BCUT2D eigenvalue weighted by Crippen LogP contribution is -2.48. The topological polar surface area (TPSA) is 72.9 Å². The molecule has 1 amide bonds. The van der Waals surface area contributed by atoms with Crippen LogP contribution in [0.4, 0.5) is 0 Å². The molecule has 1 aromatic rings. The fraction of sp³-hybridized carbons (Fsp3) is 0.600. The first kappa shape index (κ1) is 11.7. The van der Waals surface area contributed by atoms with E-state index in [1.165, 1.54) is 0 Å². The molecule has 0 radical (unpaired) electrons. The van der Waals surface area contributed by atoms with Crippen LogP contribution in [-0.2, 0) is 4.79 Å². The first-order valence-electron chi connectivity index (χ1n) is 5.05. The van der Waals surface area contributed by atoms with Gasteiger partial charge >= 0.3 is 0 Å². The van der Waals surface area contributed by atoms with Crippen LogP contribution in [0.25, 0.3) is 0 Å². The third kappa shape index (κ3) is 3.06. The number of rotatable bonds is 5. The zero-order valence-corrected chi connectivity index (χ0v) is 9.34. The van der Waals surface area contributed by atoms with Crippen molar-refractivity contribution < 1.29 is 4.79 Å². The van der Waals surface area contributed by atoms with Crippen molar-refractivity contribution >= 4 is 5.91 Å². The Labute approximate surface area is 89.7 Å². The Balaban J connectivity index is 2.76. The fourth-order valence-electron chi connectivity index (χ4n) is 1.50. The monoisotopic (exact) mass is 210 g/mol. The molecule has 0 aliphatic carbocycles. The van der Waals surface area contributed by atoms with Gasteiger partial charge in [-0.15, -0.1) is 0 Å². The van der Waals surface area contributed by atoms with Crippen molar-refractivity contribution in [3.8, 4) is 0 Å². The van der Waals surface area contributed by atoms with Crippen LogP contribution in [0.2, 0.25) is 0 Å². The molecule has 15 heavy (non-hydrogen) atoms. The Kier molecular flexibility index (Phi) is 3.85. The number of nitrogens with zero attached hydrogens (tertiary/aromatic N) is 2. The molecule has 0 aromatic carbocycles. The highest BCUT2D eigenvalue weighted by Crippen LogP contribution is 2.10. The van der Waals surface area contributed by atoms with E-state index in [0.29, 0.717) is 0 Å². The zero-order chi connectivity index (χ0) is 11.4. The maximum atomic E-state index is 11.3. The maximum Gasteiger partial charge on any atom is 0.236 e. The van der Waals surface area contributed by atoms with Crippen molar-refractivity contribution in [2.24, 2.45) is 5.73 Å². The van der Waals surface area contributed by atoms with E-state index in [-0.39, 0.29) is 24.0 Å². The van der Waals surface area contributed by atoms with Crippen LogP contribution < -0.4 is 11.1 Å². The summed E-state index contributed by atoms with van der Waals surface area (Å²) in [6, 6.07) is -0.194. The lowest BCUT2D eigenvalue weighted by Gasteiger charge is -2.25. The number of imidazole rings is 1. The van der Waals surface area contributed by atoms with E-state index >= 15 is 0 Å². The van der Waals surface area contributed by atoms with Gasteiger partial charge in [0.2, 0.25) is 5.91 Å². The van der Waals surface area contributed by atoms with Crippen molar-refractivity contribution in [3.63, 3.8) is 0 Å². The molecule has 5 heteroatoms. The molecule has 2 unspecified atom stereocenters. The van der Waals surface area contributed by atoms with Gasteiger partial charge < -0.3 is 15.6 Å². The van der Waals surface area contributed by atoms with Crippen LogP contribution in [0.1, 0.15) is 26.8 Å². The fourth-order valence-corrected chi connectivity index (χ4v) is 1.50. The largest absolute Gasteiger partial charge is 0.368 e. The quantitative estimate of drug-likeness (QED) is 0.734. The summed E-state index contributed by atoms with van der Waals surface area (Å²) in [7, 11) is 0. The predicted molar refractivity (Wildman–Crippen MR) is 58.2 cm³/mol. The average molecular weight is 210 g/mol. The predicted octanol–water partition coefficient (Wildman–Crippen LogP) is 0.296. The third-order valence-corrected chi connectivity index (χ3v) is 2.30. The standard InChI is InChI=1S/C10H18N4O/c1-7(2)13-9(10(11)15)8(3)14-5-4-12-6-14/h4-9,13H,1-3H3,(H2,11,15). The smallest absolute Gasteiger partial charge is 0.236 e. The number of carbonyl (C=O) groups excluding carboxylic acids is 1. The molecule has 0 fully saturated rings.